The van der Waals surface area contributed by atoms with Crippen molar-refractivity contribution >= 4 is 17.5 Å². The summed E-state index contributed by atoms with van der Waals surface area (Å²) in [5.74, 6) is -0.424. The molecule has 0 saturated heterocycles. The minimum absolute atomic E-state index is 0.0909. The molecular weight excluding hydrogens is 181 g/mol. The van der Waals surface area contributed by atoms with Crippen molar-refractivity contribution in [2.24, 2.45) is 5.73 Å². The van der Waals surface area contributed by atoms with E-state index in [1.54, 1.807) is 6.08 Å². The summed E-state index contributed by atoms with van der Waals surface area (Å²) in [4.78, 5) is 10.4. The van der Waals surface area contributed by atoms with Crippen molar-refractivity contribution < 1.29 is 9.18 Å². The summed E-state index contributed by atoms with van der Waals surface area (Å²) >= 11 is 5.36. The first-order valence-corrected chi connectivity index (χ1v) is 3.92. The maximum absolute atomic E-state index is 12.9. The number of primary amides is 1. The van der Waals surface area contributed by atoms with Crippen molar-refractivity contribution in [3.05, 3.63) is 23.8 Å². The van der Waals surface area contributed by atoms with Crippen LogP contribution in [0.4, 0.5) is 4.39 Å². The number of hydrogen-bond donors (Lipinski definition) is 1. The van der Waals surface area contributed by atoms with E-state index >= 15 is 0 Å². The van der Waals surface area contributed by atoms with Crippen LogP contribution >= 0.6 is 11.6 Å². The molecule has 0 aromatic heterocycles. The number of alkyl halides is 2. The van der Waals surface area contributed by atoms with Crippen LogP contribution in [0.15, 0.2) is 23.8 Å². The Morgan fingerprint density at radius 3 is 2.92 bits per heavy atom. The summed E-state index contributed by atoms with van der Waals surface area (Å²) in [7, 11) is 0. The average molecular weight is 190 g/mol. The lowest BCUT2D eigenvalue weighted by Gasteiger charge is -2.15. The van der Waals surface area contributed by atoms with Crippen LogP contribution in [0.1, 0.15) is 12.8 Å². The topological polar surface area (TPSA) is 43.1 Å². The second-order valence-corrected chi connectivity index (χ2v) is 3.35. The van der Waals surface area contributed by atoms with Crippen molar-refractivity contribution in [3.8, 4) is 0 Å². The number of rotatable bonds is 2. The molecule has 66 valence electrons. The minimum Gasteiger partial charge on any atom is -0.369 e. The fraction of sp³-hybridized carbons (Fsp3) is 0.375. The second kappa shape index (κ2) is 3.27. The Hall–Kier alpha value is -0.830. The Labute approximate surface area is 74.9 Å². The standard InChI is InChI=1S/C8H9ClFNO/c9-8(10)3-1-6(2-4-8)5-7(11)12/h1-3H,4-5H2,(H2,11,12). The van der Waals surface area contributed by atoms with E-state index in [4.69, 9.17) is 17.3 Å². The van der Waals surface area contributed by atoms with Crippen LogP contribution in [0.25, 0.3) is 0 Å². The van der Waals surface area contributed by atoms with Gasteiger partial charge in [0.1, 0.15) is 0 Å². The van der Waals surface area contributed by atoms with Crippen LogP contribution in [-0.4, -0.2) is 11.0 Å². The smallest absolute Gasteiger partial charge is 0.221 e. The Kier molecular flexibility index (Phi) is 2.52. The molecule has 1 aliphatic carbocycles. The number of allylic oxidation sites excluding steroid dienone is 3. The molecule has 1 aliphatic rings. The largest absolute Gasteiger partial charge is 0.369 e. The zero-order chi connectivity index (χ0) is 9.19. The SMILES string of the molecule is NC(=O)CC1=CCC(F)(Cl)C=C1. The fourth-order valence-corrected chi connectivity index (χ4v) is 1.10. The van der Waals surface area contributed by atoms with Gasteiger partial charge in [-0.1, -0.05) is 23.8 Å². The summed E-state index contributed by atoms with van der Waals surface area (Å²) in [5, 5.41) is -1.79. The molecule has 0 fully saturated rings. The highest BCUT2D eigenvalue weighted by Gasteiger charge is 2.23. The van der Waals surface area contributed by atoms with Gasteiger partial charge in [-0.05, 0) is 11.6 Å². The zero-order valence-electron chi connectivity index (χ0n) is 6.39. The molecule has 4 heteroatoms. The van der Waals surface area contributed by atoms with Crippen LogP contribution in [0.3, 0.4) is 0 Å². The average Bonchev–Trinajstić information content (AvgIpc) is 1.93. The molecule has 1 rings (SSSR count). The first kappa shape index (κ1) is 9.26. The summed E-state index contributed by atoms with van der Waals surface area (Å²) < 4.78 is 12.9. The minimum atomic E-state index is -1.79. The molecule has 2 N–H and O–H groups in total. The van der Waals surface area contributed by atoms with E-state index in [0.29, 0.717) is 0 Å². The van der Waals surface area contributed by atoms with Gasteiger partial charge in [0.25, 0.3) is 0 Å². The van der Waals surface area contributed by atoms with E-state index in [1.807, 2.05) is 0 Å². The lowest BCUT2D eigenvalue weighted by atomic mass is 10.0. The van der Waals surface area contributed by atoms with Gasteiger partial charge >= 0.3 is 0 Å². The van der Waals surface area contributed by atoms with Gasteiger partial charge in [0.2, 0.25) is 11.0 Å². The van der Waals surface area contributed by atoms with E-state index in [9.17, 15) is 9.18 Å². The Bertz CT molecular complexity index is 258. The number of halogens is 2. The number of carbonyl (C=O) groups excluding carboxylic acids is 1. The van der Waals surface area contributed by atoms with Crippen LogP contribution in [0.2, 0.25) is 0 Å². The predicted octanol–water partition coefficient (Wildman–Crippen LogP) is 1.65. The molecule has 0 radical (unpaired) electrons. The molecular formula is C8H9ClFNO. The molecule has 1 amide bonds. The predicted molar refractivity (Wildman–Crippen MR) is 45.3 cm³/mol. The van der Waals surface area contributed by atoms with Gasteiger partial charge in [0.05, 0.1) is 6.42 Å². The first-order valence-electron chi connectivity index (χ1n) is 3.54. The van der Waals surface area contributed by atoms with E-state index in [2.05, 4.69) is 0 Å². The lowest BCUT2D eigenvalue weighted by Crippen LogP contribution is -2.15. The van der Waals surface area contributed by atoms with Crippen LogP contribution in [0.5, 0.6) is 0 Å². The monoisotopic (exact) mass is 189 g/mol. The van der Waals surface area contributed by atoms with Crippen LogP contribution in [0, 0.1) is 0 Å². The molecule has 12 heavy (non-hydrogen) atoms. The van der Waals surface area contributed by atoms with Gasteiger partial charge in [-0.25, -0.2) is 4.39 Å². The van der Waals surface area contributed by atoms with Gasteiger partial charge in [-0.2, -0.15) is 0 Å². The molecule has 0 aromatic rings. The Morgan fingerprint density at radius 1 is 1.83 bits per heavy atom. The highest BCUT2D eigenvalue weighted by Crippen LogP contribution is 2.29. The number of hydrogen-bond acceptors (Lipinski definition) is 1. The van der Waals surface area contributed by atoms with Gasteiger partial charge < -0.3 is 5.73 Å². The molecule has 2 nitrogen and oxygen atoms in total. The van der Waals surface area contributed by atoms with Crippen LogP contribution < -0.4 is 5.73 Å². The van der Waals surface area contributed by atoms with Crippen molar-refractivity contribution in [1.29, 1.82) is 0 Å². The third-order valence-corrected chi connectivity index (χ3v) is 1.84. The fourth-order valence-electron chi connectivity index (χ4n) is 0.964. The number of amides is 1. The molecule has 0 saturated carbocycles. The van der Waals surface area contributed by atoms with Crippen molar-refractivity contribution in [1.82, 2.24) is 0 Å². The second-order valence-electron chi connectivity index (χ2n) is 2.72. The summed E-state index contributed by atoms with van der Waals surface area (Å²) in [6, 6.07) is 0. The first-order chi connectivity index (χ1) is 5.49. The molecule has 0 aliphatic heterocycles. The van der Waals surface area contributed by atoms with Crippen molar-refractivity contribution in [3.63, 3.8) is 0 Å². The van der Waals surface area contributed by atoms with Crippen molar-refractivity contribution in [2.45, 2.75) is 18.0 Å². The highest BCUT2D eigenvalue weighted by molar-refractivity contribution is 6.24. The Balaban J connectivity index is 2.58. The van der Waals surface area contributed by atoms with E-state index in [1.165, 1.54) is 12.2 Å². The zero-order valence-corrected chi connectivity index (χ0v) is 7.14. The maximum Gasteiger partial charge on any atom is 0.221 e. The summed E-state index contributed by atoms with van der Waals surface area (Å²) in [6.07, 6.45) is 4.53. The van der Waals surface area contributed by atoms with Gasteiger partial charge in [0, 0.05) is 6.42 Å². The highest BCUT2D eigenvalue weighted by atomic mass is 35.5. The molecule has 0 heterocycles. The molecule has 0 aromatic carbocycles. The maximum atomic E-state index is 12.9. The van der Waals surface area contributed by atoms with Crippen molar-refractivity contribution in [2.75, 3.05) is 0 Å². The third-order valence-electron chi connectivity index (χ3n) is 1.56. The van der Waals surface area contributed by atoms with E-state index < -0.39 is 11.0 Å². The van der Waals surface area contributed by atoms with E-state index in [-0.39, 0.29) is 12.8 Å². The lowest BCUT2D eigenvalue weighted by molar-refractivity contribution is -0.117. The number of nitrogens with two attached hydrogens (primary N) is 1. The van der Waals surface area contributed by atoms with Gasteiger partial charge in [0.15, 0.2) is 0 Å². The van der Waals surface area contributed by atoms with Gasteiger partial charge in [-0.3, -0.25) is 4.79 Å². The number of carbonyl (C=O) groups is 1. The molecule has 1 unspecified atom stereocenters. The Morgan fingerprint density at radius 2 is 2.50 bits per heavy atom. The summed E-state index contributed by atoms with van der Waals surface area (Å²) in [5.41, 5.74) is 5.67. The molecule has 0 bridgehead atoms. The molecule has 0 spiro atoms. The van der Waals surface area contributed by atoms with E-state index in [0.717, 1.165) is 5.57 Å². The van der Waals surface area contributed by atoms with Crippen LogP contribution in [-0.2, 0) is 4.79 Å². The molecule has 1 atom stereocenters. The summed E-state index contributed by atoms with van der Waals surface area (Å²) in [6.45, 7) is 0. The quantitative estimate of drug-likeness (QED) is 0.660. The van der Waals surface area contributed by atoms with Gasteiger partial charge in [-0.15, -0.1) is 0 Å². The third kappa shape index (κ3) is 2.66. The normalized spacial score (nSPS) is 28.3.